The quantitative estimate of drug-likeness (QED) is 0.201. The molecule has 9 aromatic rings. The third kappa shape index (κ3) is 4.03. The Bertz CT molecular complexity index is 2690. The monoisotopic (exact) mass is 600 g/mol. The van der Waals surface area contributed by atoms with Crippen molar-refractivity contribution in [1.82, 2.24) is 19.9 Å². The number of aromatic nitrogens is 4. The molecule has 10 rings (SSSR count). The van der Waals surface area contributed by atoms with E-state index >= 15 is 0 Å². The van der Waals surface area contributed by atoms with Gasteiger partial charge in [-0.3, -0.25) is 4.98 Å². The zero-order valence-corrected chi connectivity index (χ0v) is 25.1. The third-order valence-corrected chi connectivity index (χ3v) is 9.11. The predicted octanol–water partition coefficient (Wildman–Crippen LogP) is 10.6. The number of fused-ring (bicyclic) bond motifs is 6. The summed E-state index contributed by atoms with van der Waals surface area (Å²) in [6, 6.07) is 47.9. The number of nitrogens with zero attached hydrogens (tertiary/aromatic N) is 4. The van der Waals surface area contributed by atoms with Gasteiger partial charge in [-0.2, -0.15) is 0 Å². The zero-order chi connectivity index (χ0) is 30.9. The summed E-state index contributed by atoms with van der Waals surface area (Å²) < 4.78 is 6.21. The number of furan rings is 1. The molecule has 5 heteroatoms. The Morgan fingerprint density at radius 2 is 1.04 bits per heavy atom. The normalized spacial score (nSPS) is 11.8. The van der Waals surface area contributed by atoms with Gasteiger partial charge in [0.05, 0.1) is 5.52 Å². The lowest BCUT2D eigenvalue weighted by Gasteiger charge is -2.11. The van der Waals surface area contributed by atoms with E-state index in [0.717, 1.165) is 55.3 Å². The molecule has 0 amide bonds. The third-order valence-electron chi connectivity index (χ3n) is 9.11. The van der Waals surface area contributed by atoms with Crippen molar-refractivity contribution in [2.24, 2.45) is 0 Å². The minimum atomic E-state index is 0.601. The van der Waals surface area contributed by atoms with Gasteiger partial charge in [0.1, 0.15) is 11.2 Å². The molecule has 0 saturated heterocycles. The fraction of sp³-hybridized carbons (Fsp3) is 0. The topological polar surface area (TPSA) is 64.7 Å². The highest BCUT2D eigenvalue weighted by molar-refractivity contribution is 6.15. The molecule has 0 N–H and O–H groups in total. The van der Waals surface area contributed by atoms with Crippen LogP contribution in [0.3, 0.4) is 0 Å². The standard InChI is InChI=1S/C42H24N4O/c1-2-10-25(11-3-1)40-44-41(46-42(45-40)33-17-9-19-37-39(33)32-16-6-7-18-36(32)47-37)27-13-8-12-26(22-27)28-23-34-30-15-5-4-14-29(30)31-20-21-43-35(24-28)38(31)34/h1-24H. The molecule has 3 heterocycles. The molecule has 0 unspecified atom stereocenters. The van der Waals surface area contributed by atoms with E-state index < -0.39 is 0 Å². The Kier molecular flexibility index (Phi) is 5.51. The molecule has 218 valence electrons. The number of rotatable bonds is 4. The highest BCUT2D eigenvalue weighted by Gasteiger charge is 2.23. The molecular weight excluding hydrogens is 576 g/mol. The van der Waals surface area contributed by atoms with Crippen LogP contribution in [0, 0.1) is 0 Å². The lowest BCUT2D eigenvalue weighted by Crippen LogP contribution is -2.00. The van der Waals surface area contributed by atoms with Gasteiger partial charge in [0, 0.05) is 39.0 Å². The predicted molar refractivity (Wildman–Crippen MR) is 189 cm³/mol. The highest BCUT2D eigenvalue weighted by Crippen LogP contribution is 2.48. The van der Waals surface area contributed by atoms with Crippen molar-refractivity contribution in [1.29, 1.82) is 0 Å². The number of para-hydroxylation sites is 1. The van der Waals surface area contributed by atoms with Crippen molar-refractivity contribution in [2.45, 2.75) is 0 Å². The van der Waals surface area contributed by atoms with E-state index in [1.165, 1.54) is 27.6 Å². The second-order valence-electron chi connectivity index (χ2n) is 11.9. The maximum absolute atomic E-state index is 6.21. The number of pyridine rings is 1. The second-order valence-corrected chi connectivity index (χ2v) is 11.9. The summed E-state index contributed by atoms with van der Waals surface area (Å²) in [5, 5.41) is 3.24. The van der Waals surface area contributed by atoms with Crippen molar-refractivity contribution in [2.75, 3.05) is 0 Å². The van der Waals surface area contributed by atoms with E-state index in [9.17, 15) is 0 Å². The smallest absolute Gasteiger partial charge is 0.164 e. The Hall–Kier alpha value is -6.46. The summed E-state index contributed by atoms with van der Waals surface area (Å²) in [7, 11) is 0. The first-order chi connectivity index (χ1) is 23.3. The van der Waals surface area contributed by atoms with Crippen LogP contribution in [0.25, 0.3) is 100 Å². The molecule has 3 aromatic heterocycles. The second kappa shape index (κ2) is 10.0. The van der Waals surface area contributed by atoms with Crippen LogP contribution in [0.2, 0.25) is 0 Å². The van der Waals surface area contributed by atoms with E-state index in [2.05, 4.69) is 78.9 Å². The SMILES string of the molecule is c1ccc(-c2nc(-c3cccc(-c4cc5c6c(ccnc6c4)-c4ccccc4-5)c3)nc(-c3cccc4oc5ccccc5c34)n2)cc1. The maximum atomic E-state index is 6.21. The molecule has 0 saturated carbocycles. The molecule has 47 heavy (non-hydrogen) atoms. The van der Waals surface area contributed by atoms with Crippen molar-refractivity contribution >= 4 is 32.8 Å². The summed E-state index contributed by atoms with van der Waals surface area (Å²) in [4.78, 5) is 20.0. The van der Waals surface area contributed by atoms with Crippen LogP contribution >= 0.6 is 0 Å². The fourth-order valence-corrected chi connectivity index (χ4v) is 6.98. The Morgan fingerprint density at radius 3 is 1.94 bits per heavy atom. The van der Waals surface area contributed by atoms with E-state index in [-0.39, 0.29) is 0 Å². The van der Waals surface area contributed by atoms with Gasteiger partial charge in [-0.05, 0) is 69.8 Å². The Labute approximate surface area is 269 Å². The Balaban J connectivity index is 1.16. The first-order valence-electron chi connectivity index (χ1n) is 15.6. The van der Waals surface area contributed by atoms with Crippen LogP contribution in [0.1, 0.15) is 0 Å². The summed E-state index contributed by atoms with van der Waals surface area (Å²) in [5.41, 5.74) is 12.5. The van der Waals surface area contributed by atoms with Crippen LogP contribution in [-0.2, 0) is 0 Å². The molecule has 0 radical (unpaired) electrons. The van der Waals surface area contributed by atoms with Gasteiger partial charge >= 0.3 is 0 Å². The molecular formula is C42H24N4O. The largest absolute Gasteiger partial charge is 0.456 e. The summed E-state index contributed by atoms with van der Waals surface area (Å²) in [6.07, 6.45) is 1.91. The zero-order valence-electron chi connectivity index (χ0n) is 25.1. The first-order valence-corrected chi connectivity index (χ1v) is 15.6. The molecule has 5 nitrogen and oxygen atoms in total. The molecule has 1 aliphatic rings. The van der Waals surface area contributed by atoms with Crippen molar-refractivity contribution < 1.29 is 4.42 Å². The van der Waals surface area contributed by atoms with Gasteiger partial charge in [-0.25, -0.2) is 15.0 Å². The fourth-order valence-electron chi connectivity index (χ4n) is 6.98. The van der Waals surface area contributed by atoms with Crippen LogP contribution in [0.5, 0.6) is 0 Å². The minimum Gasteiger partial charge on any atom is -0.456 e. The van der Waals surface area contributed by atoms with Gasteiger partial charge in [0.2, 0.25) is 0 Å². The number of benzene rings is 6. The van der Waals surface area contributed by atoms with Crippen LogP contribution < -0.4 is 0 Å². The molecule has 0 atom stereocenters. The van der Waals surface area contributed by atoms with E-state index in [1.807, 2.05) is 66.9 Å². The molecule has 6 aromatic carbocycles. The van der Waals surface area contributed by atoms with Crippen molar-refractivity contribution in [3.8, 4) is 67.5 Å². The molecule has 1 aliphatic carbocycles. The summed E-state index contributed by atoms with van der Waals surface area (Å²) >= 11 is 0. The number of hydrogen-bond donors (Lipinski definition) is 0. The summed E-state index contributed by atoms with van der Waals surface area (Å²) in [5.74, 6) is 1.83. The van der Waals surface area contributed by atoms with Crippen LogP contribution in [-0.4, -0.2) is 19.9 Å². The molecule has 0 aliphatic heterocycles. The van der Waals surface area contributed by atoms with Gasteiger partial charge in [0.15, 0.2) is 17.5 Å². The van der Waals surface area contributed by atoms with Crippen molar-refractivity contribution in [3.05, 3.63) is 146 Å². The lowest BCUT2D eigenvalue weighted by atomic mass is 9.97. The first kappa shape index (κ1) is 25.8. The van der Waals surface area contributed by atoms with E-state index in [0.29, 0.717) is 17.5 Å². The maximum Gasteiger partial charge on any atom is 0.164 e. The number of hydrogen-bond acceptors (Lipinski definition) is 5. The Morgan fingerprint density at radius 1 is 0.383 bits per heavy atom. The molecule has 0 bridgehead atoms. The van der Waals surface area contributed by atoms with Crippen LogP contribution in [0.15, 0.2) is 150 Å². The average molecular weight is 601 g/mol. The van der Waals surface area contributed by atoms with Gasteiger partial charge in [-0.15, -0.1) is 0 Å². The molecule has 0 fully saturated rings. The van der Waals surface area contributed by atoms with E-state index in [4.69, 9.17) is 24.4 Å². The van der Waals surface area contributed by atoms with Gasteiger partial charge in [-0.1, -0.05) is 103 Å². The summed E-state index contributed by atoms with van der Waals surface area (Å²) in [6.45, 7) is 0. The van der Waals surface area contributed by atoms with Crippen LogP contribution in [0.4, 0.5) is 0 Å². The van der Waals surface area contributed by atoms with Gasteiger partial charge in [0.25, 0.3) is 0 Å². The highest BCUT2D eigenvalue weighted by atomic mass is 16.3. The van der Waals surface area contributed by atoms with E-state index in [1.54, 1.807) is 0 Å². The minimum absolute atomic E-state index is 0.601. The van der Waals surface area contributed by atoms with Crippen molar-refractivity contribution in [3.63, 3.8) is 0 Å². The van der Waals surface area contributed by atoms with Gasteiger partial charge < -0.3 is 4.42 Å². The average Bonchev–Trinajstić information content (AvgIpc) is 3.69. The lowest BCUT2D eigenvalue weighted by molar-refractivity contribution is 0.669. The molecule has 0 spiro atoms.